The summed E-state index contributed by atoms with van der Waals surface area (Å²) in [4.78, 5) is 7.80. The smallest absolute Gasteiger partial charge is 0.0951 e. The molecule has 0 saturated heterocycles. The minimum atomic E-state index is 0.900. The van der Waals surface area contributed by atoms with E-state index in [2.05, 4.69) is 39.6 Å². The van der Waals surface area contributed by atoms with Crippen LogP contribution in [0.5, 0.6) is 0 Å². The van der Waals surface area contributed by atoms with E-state index in [1.807, 2.05) is 48.7 Å². The number of pyridine rings is 1. The third-order valence-electron chi connectivity index (χ3n) is 3.95. The van der Waals surface area contributed by atoms with E-state index >= 15 is 0 Å². The Kier molecular flexibility index (Phi) is 3.27. The molecular weight excluding hydrogens is 284 g/mol. The van der Waals surface area contributed by atoms with E-state index in [1.54, 1.807) is 6.20 Å². The van der Waals surface area contributed by atoms with Crippen LogP contribution in [0.2, 0.25) is 0 Å². The van der Waals surface area contributed by atoms with Crippen molar-refractivity contribution >= 4 is 33.7 Å². The SMILES string of the molecule is Cc1[nH]c2ccccc2c1/C=N/Nc1cccc2cccnc12. The fourth-order valence-electron chi connectivity index (χ4n) is 2.83. The quantitative estimate of drug-likeness (QED) is 0.433. The molecule has 0 spiro atoms. The number of aryl methyl sites for hydroxylation is 1. The zero-order valence-corrected chi connectivity index (χ0v) is 12.7. The van der Waals surface area contributed by atoms with Crippen molar-refractivity contribution in [3.05, 3.63) is 72.1 Å². The van der Waals surface area contributed by atoms with E-state index in [-0.39, 0.29) is 0 Å². The van der Waals surface area contributed by atoms with Crippen LogP contribution in [0, 0.1) is 6.92 Å². The van der Waals surface area contributed by atoms with E-state index in [0.29, 0.717) is 0 Å². The van der Waals surface area contributed by atoms with E-state index in [9.17, 15) is 0 Å². The summed E-state index contributed by atoms with van der Waals surface area (Å²) in [5.74, 6) is 0. The van der Waals surface area contributed by atoms with Crippen molar-refractivity contribution in [3.63, 3.8) is 0 Å². The predicted octanol–water partition coefficient (Wildman–Crippen LogP) is 4.47. The molecular formula is C19H16N4. The van der Waals surface area contributed by atoms with Crippen LogP contribution in [0.4, 0.5) is 5.69 Å². The maximum Gasteiger partial charge on any atom is 0.0951 e. The van der Waals surface area contributed by atoms with E-state index in [4.69, 9.17) is 0 Å². The molecule has 0 radical (unpaired) electrons. The first kappa shape index (κ1) is 13.5. The number of hydrogen-bond donors (Lipinski definition) is 2. The molecule has 0 aliphatic rings. The molecule has 0 aliphatic heterocycles. The number of rotatable bonds is 3. The van der Waals surface area contributed by atoms with Crippen LogP contribution < -0.4 is 5.43 Å². The molecule has 0 atom stereocenters. The van der Waals surface area contributed by atoms with Gasteiger partial charge in [-0.2, -0.15) is 5.10 Å². The lowest BCUT2D eigenvalue weighted by Crippen LogP contribution is -1.93. The Labute approximate surface area is 133 Å². The van der Waals surface area contributed by atoms with Crippen LogP contribution in [0.15, 0.2) is 65.9 Å². The highest BCUT2D eigenvalue weighted by Gasteiger charge is 2.05. The lowest BCUT2D eigenvalue weighted by Gasteiger charge is -2.04. The Hall–Kier alpha value is -3.14. The Bertz CT molecular complexity index is 1010. The molecule has 23 heavy (non-hydrogen) atoms. The van der Waals surface area contributed by atoms with Gasteiger partial charge in [0.15, 0.2) is 0 Å². The number of benzene rings is 2. The number of aromatic amines is 1. The van der Waals surface area contributed by atoms with Crippen LogP contribution >= 0.6 is 0 Å². The molecule has 0 saturated carbocycles. The van der Waals surface area contributed by atoms with Gasteiger partial charge in [0.1, 0.15) is 0 Å². The highest BCUT2D eigenvalue weighted by Crippen LogP contribution is 2.22. The number of H-pyrrole nitrogens is 1. The third kappa shape index (κ3) is 2.44. The van der Waals surface area contributed by atoms with E-state index in [0.717, 1.165) is 33.4 Å². The monoisotopic (exact) mass is 300 g/mol. The summed E-state index contributed by atoms with van der Waals surface area (Å²) < 4.78 is 0. The number of hydrazone groups is 1. The van der Waals surface area contributed by atoms with Crippen molar-refractivity contribution in [1.82, 2.24) is 9.97 Å². The molecule has 0 unspecified atom stereocenters. The first-order valence-electron chi connectivity index (χ1n) is 7.53. The summed E-state index contributed by atoms with van der Waals surface area (Å²) in [5, 5.41) is 6.68. The molecule has 2 N–H and O–H groups in total. The molecule has 4 nitrogen and oxygen atoms in total. The first-order valence-corrected chi connectivity index (χ1v) is 7.53. The molecule has 0 amide bonds. The van der Waals surface area contributed by atoms with Crippen LogP contribution in [-0.2, 0) is 0 Å². The van der Waals surface area contributed by atoms with Gasteiger partial charge in [0.05, 0.1) is 17.4 Å². The topological polar surface area (TPSA) is 53.1 Å². The van der Waals surface area contributed by atoms with Crippen molar-refractivity contribution in [2.24, 2.45) is 5.10 Å². The maximum absolute atomic E-state index is 4.42. The van der Waals surface area contributed by atoms with Crippen LogP contribution in [-0.4, -0.2) is 16.2 Å². The highest BCUT2D eigenvalue weighted by atomic mass is 15.3. The molecule has 4 rings (SSSR count). The second-order valence-electron chi connectivity index (χ2n) is 5.46. The van der Waals surface area contributed by atoms with Gasteiger partial charge in [-0.05, 0) is 25.1 Å². The molecule has 4 aromatic rings. The predicted molar refractivity (Wildman–Crippen MR) is 96.0 cm³/mol. The molecule has 0 fully saturated rings. The van der Waals surface area contributed by atoms with Gasteiger partial charge >= 0.3 is 0 Å². The maximum atomic E-state index is 4.42. The average Bonchev–Trinajstić information content (AvgIpc) is 2.91. The number of hydrogen-bond acceptors (Lipinski definition) is 3. The number of para-hydroxylation sites is 2. The second-order valence-corrected chi connectivity index (χ2v) is 5.46. The van der Waals surface area contributed by atoms with E-state index < -0.39 is 0 Å². The number of anilines is 1. The molecule has 0 aliphatic carbocycles. The standard InChI is InChI=1S/C19H16N4/c1-13-16(15-8-2-3-9-17(15)22-13)12-21-23-18-10-4-6-14-7-5-11-20-19(14)18/h2-12,22-23H,1H3/b21-12+. The fourth-order valence-corrected chi connectivity index (χ4v) is 2.83. The van der Waals surface area contributed by atoms with Crippen LogP contribution in [0.1, 0.15) is 11.3 Å². The van der Waals surface area contributed by atoms with Crippen molar-refractivity contribution in [3.8, 4) is 0 Å². The zero-order valence-electron chi connectivity index (χ0n) is 12.7. The van der Waals surface area contributed by atoms with Crippen molar-refractivity contribution in [1.29, 1.82) is 0 Å². The van der Waals surface area contributed by atoms with Gasteiger partial charge in [-0.3, -0.25) is 10.4 Å². The molecule has 112 valence electrons. The summed E-state index contributed by atoms with van der Waals surface area (Å²) >= 11 is 0. The van der Waals surface area contributed by atoms with Crippen molar-refractivity contribution in [2.45, 2.75) is 6.92 Å². The summed E-state index contributed by atoms with van der Waals surface area (Å²) in [6.07, 6.45) is 3.65. The Morgan fingerprint density at radius 1 is 1.04 bits per heavy atom. The Balaban J connectivity index is 1.67. The summed E-state index contributed by atoms with van der Waals surface area (Å²) in [6, 6.07) is 18.2. The third-order valence-corrected chi connectivity index (χ3v) is 3.95. The van der Waals surface area contributed by atoms with Gasteiger partial charge in [-0.1, -0.05) is 36.4 Å². The van der Waals surface area contributed by atoms with Crippen LogP contribution in [0.25, 0.3) is 21.8 Å². The average molecular weight is 300 g/mol. The number of fused-ring (bicyclic) bond motifs is 2. The van der Waals surface area contributed by atoms with Crippen molar-refractivity contribution in [2.75, 3.05) is 5.43 Å². The number of nitrogens with one attached hydrogen (secondary N) is 2. The van der Waals surface area contributed by atoms with Gasteiger partial charge in [-0.25, -0.2) is 0 Å². The van der Waals surface area contributed by atoms with Gasteiger partial charge < -0.3 is 4.98 Å². The number of nitrogens with zero attached hydrogens (tertiary/aromatic N) is 2. The largest absolute Gasteiger partial charge is 0.358 e. The summed E-state index contributed by atoms with van der Waals surface area (Å²) in [7, 11) is 0. The number of aromatic nitrogens is 2. The first-order chi connectivity index (χ1) is 11.3. The van der Waals surface area contributed by atoms with Gasteiger partial charge in [0.2, 0.25) is 0 Å². The fraction of sp³-hybridized carbons (Fsp3) is 0.0526. The molecule has 2 aromatic heterocycles. The Morgan fingerprint density at radius 2 is 1.91 bits per heavy atom. The normalized spacial score (nSPS) is 11.5. The van der Waals surface area contributed by atoms with Gasteiger partial charge in [0, 0.05) is 33.7 Å². The highest BCUT2D eigenvalue weighted by molar-refractivity contribution is 6.01. The van der Waals surface area contributed by atoms with E-state index in [1.165, 1.54) is 5.39 Å². The van der Waals surface area contributed by atoms with Gasteiger partial charge in [-0.15, -0.1) is 0 Å². The zero-order chi connectivity index (χ0) is 15.6. The minimum Gasteiger partial charge on any atom is -0.358 e. The van der Waals surface area contributed by atoms with Gasteiger partial charge in [0.25, 0.3) is 0 Å². The lowest BCUT2D eigenvalue weighted by molar-refractivity contribution is 1.28. The molecule has 4 heteroatoms. The lowest BCUT2D eigenvalue weighted by atomic mass is 10.1. The summed E-state index contributed by atoms with van der Waals surface area (Å²) in [6.45, 7) is 2.06. The van der Waals surface area contributed by atoms with Crippen LogP contribution in [0.3, 0.4) is 0 Å². The molecule has 2 heterocycles. The minimum absolute atomic E-state index is 0.900. The van der Waals surface area contributed by atoms with Crippen molar-refractivity contribution < 1.29 is 0 Å². The second kappa shape index (κ2) is 5.57. The summed E-state index contributed by atoms with van der Waals surface area (Å²) in [5.41, 5.74) is 8.26. The Morgan fingerprint density at radius 3 is 2.87 bits per heavy atom. The molecule has 0 bridgehead atoms. The molecule has 2 aromatic carbocycles.